The van der Waals surface area contributed by atoms with Crippen LogP contribution in [0.25, 0.3) is 0 Å². The van der Waals surface area contributed by atoms with Gasteiger partial charge in [-0.1, -0.05) is 10.8 Å². The summed E-state index contributed by atoms with van der Waals surface area (Å²) in [6.45, 7) is 5.09. The van der Waals surface area contributed by atoms with E-state index in [1.165, 1.54) is 12.3 Å². The average Bonchev–Trinajstić information content (AvgIpc) is 2.33. The molecule has 0 radical (unpaired) electrons. The van der Waals surface area contributed by atoms with Crippen molar-refractivity contribution in [2.24, 2.45) is 0 Å². The second-order valence-electron chi connectivity index (χ2n) is 4.01. The molecule has 1 fully saturated rings. The standard InChI is InChI=1S/C11H16FN3S2/c1-9-8-14(5-6-15(9)17-16-2)11-4-3-10(12)7-13-11/h3-4,7,9H,5-6,8H2,1-2H3. The molecule has 17 heavy (non-hydrogen) atoms. The highest BCUT2D eigenvalue weighted by molar-refractivity contribution is 8.75. The number of nitrogens with zero attached hydrogens (tertiary/aromatic N) is 3. The Labute approximate surface area is 109 Å². The third kappa shape index (κ3) is 3.26. The number of pyridine rings is 1. The van der Waals surface area contributed by atoms with Gasteiger partial charge in [-0.2, -0.15) is 0 Å². The summed E-state index contributed by atoms with van der Waals surface area (Å²) in [7, 11) is 3.57. The molecule has 1 aromatic heterocycles. The summed E-state index contributed by atoms with van der Waals surface area (Å²) in [4.78, 5) is 6.34. The lowest BCUT2D eigenvalue weighted by molar-refractivity contribution is 0.338. The van der Waals surface area contributed by atoms with E-state index in [0.717, 1.165) is 25.5 Å². The molecule has 1 aromatic rings. The molecule has 2 heterocycles. The Morgan fingerprint density at radius 1 is 1.41 bits per heavy atom. The van der Waals surface area contributed by atoms with E-state index in [1.54, 1.807) is 27.8 Å². The van der Waals surface area contributed by atoms with Gasteiger partial charge in [-0.15, -0.1) is 0 Å². The van der Waals surface area contributed by atoms with Gasteiger partial charge in [0.05, 0.1) is 6.20 Å². The van der Waals surface area contributed by atoms with Crippen LogP contribution < -0.4 is 4.90 Å². The lowest BCUT2D eigenvalue weighted by Gasteiger charge is -2.38. The Kier molecular flexibility index (Phi) is 4.53. The molecular weight excluding hydrogens is 257 g/mol. The summed E-state index contributed by atoms with van der Waals surface area (Å²) in [5.74, 6) is 0.588. The van der Waals surface area contributed by atoms with Gasteiger partial charge in [-0.25, -0.2) is 13.7 Å². The fourth-order valence-electron chi connectivity index (χ4n) is 1.91. The maximum Gasteiger partial charge on any atom is 0.141 e. The van der Waals surface area contributed by atoms with Gasteiger partial charge in [-0.05, 0) is 36.3 Å². The number of aromatic nitrogens is 1. The first-order valence-electron chi connectivity index (χ1n) is 5.54. The van der Waals surface area contributed by atoms with E-state index in [1.807, 2.05) is 0 Å². The van der Waals surface area contributed by atoms with Gasteiger partial charge in [0.25, 0.3) is 0 Å². The SMILES string of the molecule is CSSN1CCN(c2ccc(F)cn2)CC1C. The van der Waals surface area contributed by atoms with Gasteiger partial charge >= 0.3 is 0 Å². The second-order valence-corrected chi connectivity index (χ2v) is 6.41. The minimum atomic E-state index is -0.279. The number of rotatable bonds is 3. The number of piperazine rings is 1. The van der Waals surface area contributed by atoms with Crippen LogP contribution in [0.1, 0.15) is 6.92 Å². The fraction of sp³-hybridized carbons (Fsp3) is 0.545. The lowest BCUT2D eigenvalue weighted by Crippen LogP contribution is -2.49. The summed E-state index contributed by atoms with van der Waals surface area (Å²) in [6.07, 6.45) is 3.37. The van der Waals surface area contributed by atoms with Gasteiger partial charge in [0.1, 0.15) is 11.6 Å². The third-order valence-corrected chi connectivity index (χ3v) is 4.68. The molecule has 0 saturated carbocycles. The minimum absolute atomic E-state index is 0.279. The molecule has 0 bridgehead atoms. The summed E-state index contributed by atoms with van der Waals surface area (Å²) < 4.78 is 15.2. The maximum absolute atomic E-state index is 12.8. The van der Waals surface area contributed by atoms with E-state index in [2.05, 4.69) is 27.4 Å². The predicted molar refractivity (Wildman–Crippen MR) is 73.7 cm³/mol. The summed E-state index contributed by atoms with van der Waals surface area (Å²) in [5.41, 5.74) is 0. The molecule has 0 spiro atoms. The minimum Gasteiger partial charge on any atom is -0.354 e. The van der Waals surface area contributed by atoms with Gasteiger partial charge in [0.15, 0.2) is 0 Å². The van der Waals surface area contributed by atoms with E-state index in [4.69, 9.17) is 0 Å². The van der Waals surface area contributed by atoms with Crippen molar-refractivity contribution in [2.75, 3.05) is 30.8 Å². The van der Waals surface area contributed by atoms with Crippen molar-refractivity contribution in [1.82, 2.24) is 9.29 Å². The van der Waals surface area contributed by atoms with E-state index in [9.17, 15) is 4.39 Å². The van der Waals surface area contributed by atoms with E-state index >= 15 is 0 Å². The molecule has 6 heteroatoms. The van der Waals surface area contributed by atoms with E-state index in [0.29, 0.717) is 6.04 Å². The largest absolute Gasteiger partial charge is 0.354 e. The number of hydrogen-bond donors (Lipinski definition) is 0. The van der Waals surface area contributed by atoms with Crippen LogP contribution in [0.5, 0.6) is 0 Å². The molecular formula is C11H16FN3S2. The molecule has 0 aromatic carbocycles. The average molecular weight is 273 g/mol. The van der Waals surface area contributed by atoms with Gasteiger partial charge in [0, 0.05) is 25.7 Å². The lowest BCUT2D eigenvalue weighted by atomic mass is 10.2. The highest BCUT2D eigenvalue weighted by atomic mass is 33.1. The summed E-state index contributed by atoms with van der Waals surface area (Å²) in [6, 6.07) is 3.70. The zero-order valence-corrected chi connectivity index (χ0v) is 11.6. The van der Waals surface area contributed by atoms with Crippen LogP contribution in [-0.4, -0.2) is 41.2 Å². The van der Waals surface area contributed by atoms with E-state index < -0.39 is 0 Å². The first-order chi connectivity index (χ1) is 8.20. The first-order valence-corrected chi connectivity index (χ1v) is 8.06. The van der Waals surface area contributed by atoms with Crippen molar-refractivity contribution in [3.8, 4) is 0 Å². The fourth-order valence-corrected chi connectivity index (χ4v) is 3.71. The highest BCUT2D eigenvalue weighted by Crippen LogP contribution is 2.28. The smallest absolute Gasteiger partial charge is 0.141 e. The molecule has 1 unspecified atom stereocenters. The Hall–Kier alpha value is -0.460. The monoisotopic (exact) mass is 273 g/mol. The zero-order valence-electron chi connectivity index (χ0n) is 9.97. The number of halogens is 1. The van der Waals surface area contributed by atoms with Crippen molar-refractivity contribution in [3.05, 3.63) is 24.1 Å². The summed E-state index contributed by atoms with van der Waals surface area (Å²) in [5, 5.41) is 0. The van der Waals surface area contributed by atoms with Gasteiger partial charge < -0.3 is 4.90 Å². The summed E-state index contributed by atoms with van der Waals surface area (Å²) >= 11 is 0. The molecule has 0 N–H and O–H groups in total. The maximum atomic E-state index is 12.8. The van der Waals surface area contributed by atoms with E-state index in [-0.39, 0.29) is 5.82 Å². The number of anilines is 1. The number of hydrogen-bond acceptors (Lipinski definition) is 5. The van der Waals surface area contributed by atoms with Crippen molar-refractivity contribution in [2.45, 2.75) is 13.0 Å². The Morgan fingerprint density at radius 2 is 2.24 bits per heavy atom. The second kappa shape index (κ2) is 5.93. The van der Waals surface area contributed by atoms with Crippen LogP contribution in [0.4, 0.5) is 10.2 Å². The first kappa shape index (κ1) is 13.0. The van der Waals surface area contributed by atoms with Crippen molar-refractivity contribution < 1.29 is 4.39 Å². The molecule has 94 valence electrons. The van der Waals surface area contributed by atoms with Crippen LogP contribution in [0, 0.1) is 5.82 Å². The highest BCUT2D eigenvalue weighted by Gasteiger charge is 2.24. The molecule has 1 atom stereocenters. The molecule has 3 nitrogen and oxygen atoms in total. The molecule has 0 aliphatic carbocycles. The Morgan fingerprint density at radius 3 is 2.82 bits per heavy atom. The molecule has 1 saturated heterocycles. The van der Waals surface area contributed by atoms with Crippen LogP contribution in [-0.2, 0) is 0 Å². The molecule has 1 aliphatic rings. The van der Waals surface area contributed by atoms with Crippen molar-refractivity contribution in [3.63, 3.8) is 0 Å². The van der Waals surface area contributed by atoms with Crippen LogP contribution in [0.3, 0.4) is 0 Å². The van der Waals surface area contributed by atoms with Gasteiger partial charge in [0.2, 0.25) is 0 Å². The topological polar surface area (TPSA) is 19.4 Å². The van der Waals surface area contributed by atoms with Crippen LogP contribution in [0.2, 0.25) is 0 Å². The normalized spacial score (nSPS) is 21.8. The van der Waals surface area contributed by atoms with Crippen LogP contribution >= 0.6 is 21.8 Å². The zero-order chi connectivity index (χ0) is 12.3. The quantitative estimate of drug-likeness (QED) is 0.621. The third-order valence-electron chi connectivity index (χ3n) is 2.77. The Bertz CT molecular complexity index is 360. The van der Waals surface area contributed by atoms with Crippen molar-refractivity contribution >= 4 is 27.6 Å². The Balaban J connectivity index is 1.99. The van der Waals surface area contributed by atoms with Crippen LogP contribution in [0.15, 0.2) is 18.3 Å². The molecule has 0 amide bonds. The van der Waals surface area contributed by atoms with Crippen molar-refractivity contribution in [1.29, 1.82) is 0 Å². The predicted octanol–water partition coefficient (Wildman–Crippen LogP) is 2.66. The molecule has 1 aliphatic heterocycles. The van der Waals surface area contributed by atoms with Gasteiger partial charge in [-0.3, -0.25) is 0 Å². The molecule has 2 rings (SSSR count).